The van der Waals surface area contributed by atoms with Crippen molar-refractivity contribution >= 4 is 17.3 Å². The zero-order chi connectivity index (χ0) is 21.0. The molecule has 1 aliphatic heterocycles. The van der Waals surface area contributed by atoms with E-state index in [-0.39, 0.29) is 16.7 Å². The third kappa shape index (κ3) is 4.12. The molecule has 1 saturated carbocycles. The minimum Gasteiger partial charge on any atom is -0.366 e. The molecule has 1 unspecified atom stereocenters. The van der Waals surface area contributed by atoms with Crippen LogP contribution in [0.4, 0.5) is 5.69 Å². The molecule has 30 heavy (non-hydrogen) atoms. The summed E-state index contributed by atoms with van der Waals surface area (Å²) in [5.74, 6) is 0.195. The first-order chi connectivity index (χ1) is 14.6. The summed E-state index contributed by atoms with van der Waals surface area (Å²) in [4.78, 5) is 11.5. The fraction of sp³-hybridized carbons (Fsp3) is 0.440. The number of nitrogens with one attached hydrogen (secondary N) is 3. The van der Waals surface area contributed by atoms with E-state index in [1.807, 2.05) is 6.08 Å². The summed E-state index contributed by atoms with van der Waals surface area (Å²) in [7, 11) is 0. The zero-order valence-corrected chi connectivity index (χ0v) is 17.5. The lowest BCUT2D eigenvalue weighted by Crippen LogP contribution is -2.49. The number of primary amides is 1. The highest BCUT2D eigenvalue weighted by Crippen LogP contribution is 2.45. The van der Waals surface area contributed by atoms with Crippen LogP contribution in [-0.2, 0) is 10.2 Å². The summed E-state index contributed by atoms with van der Waals surface area (Å²) in [6, 6.07) is 8.82. The van der Waals surface area contributed by atoms with Gasteiger partial charge in [-0.1, -0.05) is 43.5 Å². The maximum Gasteiger partial charge on any atom is 0.250 e. The molecule has 0 spiro atoms. The topological polar surface area (TPSA) is 91.0 Å². The van der Waals surface area contributed by atoms with Crippen molar-refractivity contribution in [1.82, 2.24) is 5.32 Å². The smallest absolute Gasteiger partial charge is 0.250 e. The van der Waals surface area contributed by atoms with Gasteiger partial charge < -0.3 is 16.4 Å². The van der Waals surface area contributed by atoms with Crippen molar-refractivity contribution in [2.75, 3.05) is 18.4 Å². The minimum absolute atomic E-state index is 0.152. The molecule has 5 nitrogen and oxygen atoms in total. The Labute approximate surface area is 179 Å². The Morgan fingerprint density at radius 1 is 1.17 bits per heavy atom. The maximum absolute atomic E-state index is 11.5. The number of amides is 1. The second kappa shape index (κ2) is 9.00. The van der Waals surface area contributed by atoms with E-state index in [9.17, 15) is 4.79 Å². The number of piperidine rings is 1. The molecule has 5 heteroatoms. The number of carbonyl (C=O) groups excluding carboxylic acids is 1. The molecule has 3 aliphatic rings. The Hall–Kier alpha value is -2.66. The lowest BCUT2D eigenvalue weighted by molar-refractivity contribution is -0.114. The molecule has 1 amide bonds. The Kier molecular flexibility index (Phi) is 6.18. The summed E-state index contributed by atoms with van der Waals surface area (Å²) in [6.07, 6.45) is 16.2. The van der Waals surface area contributed by atoms with E-state index >= 15 is 0 Å². The zero-order valence-electron chi connectivity index (χ0n) is 17.5. The van der Waals surface area contributed by atoms with Crippen molar-refractivity contribution in [3.8, 4) is 0 Å². The lowest BCUT2D eigenvalue weighted by atomic mass is 9.62. The lowest BCUT2D eigenvalue weighted by Gasteiger charge is -2.46. The fourth-order valence-corrected chi connectivity index (χ4v) is 5.37. The monoisotopic (exact) mass is 404 g/mol. The molecular formula is C25H32N4O. The first-order valence-corrected chi connectivity index (χ1v) is 11.2. The molecule has 1 aromatic rings. The van der Waals surface area contributed by atoms with E-state index in [0.717, 1.165) is 24.7 Å². The van der Waals surface area contributed by atoms with Crippen molar-refractivity contribution < 1.29 is 4.79 Å². The minimum atomic E-state index is -0.575. The molecule has 1 atom stereocenters. The Morgan fingerprint density at radius 3 is 2.60 bits per heavy atom. The molecule has 0 bridgehead atoms. The number of benzene rings is 1. The van der Waals surface area contributed by atoms with Gasteiger partial charge in [0.05, 0.1) is 11.3 Å². The van der Waals surface area contributed by atoms with Gasteiger partial charge in [-0.3, -0.25) is 10.2 Å². The third-order valence-electron chi connectivity index (χ3n) is 7.02. The van der Waals surface area contributed by atoms with Gasteiger partial charge in [0, 0.05) is 29.4 Å². The summed E-state index contributed by atoms with van der Waals surface area (Å²) in [5, 5.41) is 15.1. The highest BCUT2D eigenvalue weighted by atomic mass is 16.1. The van der Waals surface area contributed by atoms with E-state index in [1.54, 1.807) is 18.4 Å². The van der Waals surface area contributed by atoms with E-state index in [4.69, 9.17) is 11.1 Å². The first-order valence-electron chi connectivity index (χ1n) is 11.2. The number of allylic oxidation sites excluding steroid dienone is 4. The van der Waals surface area contributed by atoms with Crippen LogP contribution in [0.2, 0.25) is 0 Å². The predicted molar refractivity (Wildman–Crippen MR) is 123 cm³/mol. The number of rotatable bonds is 5. The van der Waals surface area contributed by atoms with Gasteiger partial charge in [-0.15, -0.1) is 0 Å². The molecule has 2 aliphatic carbocycles. The number of carbonyl (C=O) groups is 1. The molecule has 1 saturated heterocycles. The molecule has 4 rings (SSSR count). The maximum atomic E-state index is 11.5. The summed E-state index contributed by atoms with van der Waals surface area (Å²) in [5.41, 5.74) is 9.07. The van der Waals surface area contributed by atoms with Crippen molar-refractivity contribution in [3.05, 3.63) is 65.4 Å². The van der Waals surface area contributed by atoms with Crippen LogP contribution in [0.25, 0.3) is 0 Å². The standard InChI is InChI=1S/C25H32N4O/c26-23-18(6-4-9-22(23)24(27)30)16-29-21-12-10-20(11-13-21)25(14-5-15-28-17-25)19-7-2-1-3-8-19/h4,6,9-13,16,19,26,28-29H,1-3,5,7-8,14-15,17H2,(H2,27,30)/b18-16-,26-23?. The van der Waals surface area contributed by atoms with Crippen LogP contribution in [0.15, 0.2) is 59.8 Å². The van der Waals surface area contributed by atoms with Crippen LogP contribution in [0, 0.1) is 11.3 Å². The van der Waals surface area contributed by atoms with Crippen molar-refractivity contribution in [3.63, 3.8) is 0 Å². The third-order valence-corrected chi connectivity index (χ3v) is 7.02. The van der Waals surface area contributed by atoms with Crippen LogP contribution < -0.4 is 16.4 Å². The van der Waals surface area contributed by atoms with E-state index in [1.165, 1.54) is 50.5 Å². The van der Waals surface area contributed by atoms with Gasteiger partial charge in [-0.05, 0) is 61.9 Å². The van der Waals surface area contributed by atoms with Crippen LogP contribution >= 0.6 is 0 Å². The van der Waals surface area contributed by atoms with E-state index < -0.39 is 5.91 Å². The molecule has 5 N–H and O–H groups in total. The largest absolute Gasteiger partial charge is 0.366 e. The quantitative estimate of drug-likeness (QED) is 0.593. The van der Waals surface area contributed by atoms with Gasteiger partial charge >= 0.3 is 0 Å². The molecule has 2 fully saturated rings. The molecule has 1 aromatic carbocycles. The normalized spacial score (nSPS) is 26.5. The van der Waals surface area contributed by atoms with Gasteiger partial charge in [0.1, 0.15) is 0 Å². The van der Waals surface area contributed by atoms with Crippen LogP contribution in [0.3, 0.4) is 0 Å². The van der Waals surface area contributed by atoms with Crippen molar-refractivity contribution in [1.29, 1.82) is 5.41 Å². The Balaban J connectivity index is 1.51. The highest BCUT2D eigenvalue weighted by Gasteiger charge is 2.41. The predicted octanol–water partition coefficient (Wildman–Crippen LogP) is 4.19. The highest BCUT2D eigenvalue weighted by molar-refractivity contribution is 6.28. The number of anilines is 1. The van der Waals surface area contributed by atoms with Gasteiger partial charge in [0.2, 0.25) is 0 Å². The molecule has 0 aromatic heterocycles. The van der Waals surface area contributed by atoms with Crippen LogP contribution in [0.1, 0.15) is 50.5 Å². The summed E-state index contributed by atoms with van der Waals surface area (Å²) in [6.45, 7) is 2.21. The van der Waals surface area contributed by atoms with Crippen LogP contribution in [-0.4, -0.2) is 24.7 Å². The SMILES string of the molecule is N=C1C(C(N)=O)=CC=C/C1=C/Nc1ccc(C2(C3CCCCC3)CCCNC2)cc1. The Bertz CT molecular complexity index is 882. The van der Waals surface area contributed by atoms with Gasteiger partial charge in [0.25, 0.3) is 5.91 Å². The number of nitrogens with two attached hydrogens (primary N) is 1. The summed E-state index contributed by atoms with van der Waals surface area (Å²) >= 11 is 0. The first kappa shape index (κ1) is 20.6. The van der Waals surface area contributed by atoms with Gasteiger partial charge in [-0.25, -0.2) is 0 Å². The second-order valence-corrected chi connectivity index (χ2v) is 8.77. The second-order valence-electron chi connectivity index (χ2n) is 8.77. The molecule has 158 valence electrons. The average molecular weight is 405 g/mol. The van der Waals surface area contributed by atoms with Crippen molar-refractivity contribution in [2.45, 2.75) is 50.4 Å². The van der Waals surface area contributed by atoms with E-state index in [0.29, 0.717) is 5.57 Å². The number of hydrogen-bond acceptors (Lipinski definition) is 4. The molecular weight excluding hydrogens is 372 g/mol. The van der Waals surface area contributed by atoms with Crippen molar-refractivity contribution in [2.24, 2.45) is 11.7 Å². The van der Waals surface area contributed by atoms with Gasteiger partial charge in [-0.2, -0.15) is 0 Å². The van der Waals surface area contributed by atoms with E-state index in [2.05, 4.69) is 34.9 Å². The van der Waals surface area contributed by atoms with Crippen LogP contribution in [0.5, 0.6) is 0 Å². The average Bonchev–Trinajstić information content (AvgIpc) is 2.79. The summed E-state index contributed by atoms with van der Waals surface area (Å²) < 4.78 is 0. The Morgan fingerprint density at radius 2 is 1.93 bits per heavy atom. The fourth-order valence-electron chi connectivity index (χ4n) is 5.37. The van der Waals surface area contributed by atoms with Gasteiger partial charge in [0.15, 0.2) is 0 Å². The number of hydrogen-bond donors (Lipinski definition) is 4. The molecule has 1 heterocycles. The molecule has 0 radical (unpaired) electrons.